The molecule has 9 nitrogen and oxygen atoms in total. The standard InChI is InChI=1S/C25H21N5O4/c31-24(18-14-26-20-4-2-1-3-17(18)20)25(32)30-11-9-29(10-12-30)23-8-6-19(27-28-23)16-5-7-21-22(13-16)34-15-33-21/h1-8,13-14,26H,9-12,15H2. The first-order chi connectivity index (χ1) is 16.7. The van der Waals surface area contributed by atoms with Gasteiger partial charge in [0.05, 0.1) is 11.3 Å². The van der Waals surface area contributed by atoms with Crippen LogP contribution < -0.4 is 14.4 Å². The number of ether oxygens (including phenoxy) is 2. The van der Waals surface area contributed by atoms with E-state index in [2.05, 4.69) is 20.1 Å². The van der Waals surface area contributed by atoms with Crippen molar-refractivity contribution in [1.29, 1.82) is 0 Å². The zero-order chi connectivity index (χ0) is 23.1. The lowest BCUT2D eigenvalue weighted by molar-refractivity contribution is -0.126. The van der Waals surface area contributed by atoms with Crippen molar-refractivity contribution in [2.75, 3.05) is 37.9 Å². The van der Waals surface area contributed by atoms with E-state index in [1.54, 1.807) is 11.1 Å². The Morgan fingerprint density at radius 3 is 2.53 bits per heavy atom. The largest absolute Gasteiger partial charge is 0.454 e. The van der Waals surface area contributed by atoms with Crippen molar-refractivity contribution >= 4 is 28.4 Å². The first-order valence-electron chi connectivity index (χ1n) is 11.1. The number of benzene rings is 2. The average molecular weight is 455 g/mol. The fourth-order valence-corrected chi connectivity index (χ4v) is 4.36. The molecule has 1 amide bonds. The number of para-hydroxylation sites is 1. The van der Waals surface area contributed by atoms with Crippen LogP contribution in [0.15, 0.2) is 60.8 Å². The summed E-state index contributed by atoms with van der Waals surface area (Å²) in [7, 11) is 0. The normalized spacial score (nSPS) is 15.1. The van der Waals surface area contributed by atoms with Gasteiger partial charge in [0.25, 0.3) is 11.7 Å². The molecule has 9 heteroatoms. The van der Waals surface area contributed by atoms with Crippen molar-refractivity contribution in [3.8, 4) is 22.8 Å². The summed E-state index contributed by atoms with van der Waals surface area (Å²) in [5, 5.41) is 9.51. The molecular formula is C25H21N5O4. The molecule has 2 aromatic carbocycles. The van der Waals surface area contributed by atoms with Crippen LogP contribution in [-0.4, -0.2) is 64.7 Å². The van der Waals surface area contributed by atoms with Crippen molar-refractivity contribution in [1.82, 2.24) is 20.1 Å². The van der Waals surface area contributed by atoms with Crippen LogP contribution >= 0.6 is 0 Å². The van der Waals surface area contributed by atoms with E-state index in [1.165, 1.54) is 0 Å². The molecule has 4 heterocycles. The SMILES string of the molecule is O=C(C(=O)N1CCN(c2ccc(-c3ccc4c(c3)OCO4)nn2)CC1)c1c[nH]c2ccccc12. The Kier molecular flexibility index (Phi) is 4.87. The minimum atomic E-state index is -0.487. The molecule has 0 bridgehead atoms. The number of Topliss-reactive ketones (excluding diaryl/α,β-unsaturated/α-hetero) is 1. The molecule has 0 aliphatic carbocycles. The van der Waals surface area contributed by atoms with Gasteiger partial charge in [0, 0.05) is 48.8 Å². The number of nitrogens with zero attached hydrogens (tertiary/aromatic N) is 4. The first-order valence-corrected chi connectivity index (χ1v) is 11.1. The van der Waals surface area contributed by atoms with E-state index >= 15 is 0 Å². The van der Waals surface area contributed by atoms with E-state index in [1.807, 2.05) is 54.6 Å². The summed E-state index contributed by atoms with van der Waals surface area (Å²) in [5.41, 5.74) is 2.88. The summed E-state index contributed by atoms with van der Waals surface area (Å²) in [4.78, 5) is 32.4. The van der Waals surface area contributed by atoms with Crippen LogP contribution in [0.1, 0.15) is 10.4 Å². The van der Waals surface area contributed by atoms with E-state index < -0.39 is 11.7 Å². The number of hydrogen-bond acceptors (Lipinski definition) is 7. The fourth-order valence-electron chi connectivity index (χ4n) is 4.36. The lowest BCUT2D eigenvalue weighted by Crippen LogP contribution is -2.50. The molecule has 1 saturated heterocycles. The highest BCUT2D eigenvalue weighted by Gasteiger charge is 2.28. The number of rotatable bonds is 4. The topological polar surface area (TPSA) is 101 Å². The summed E-state index contributed by atoms with van der Waals surface area (Å²) in [6, 6.07) is 17.0. The van der Waals surface area contributed by atoms with Crippen LogP contribution in [0.4, 0.5) is 5.82 Å². The summed E-state index contributed by atoms with van der Waals surface area (Å²) >= 11 is 0. The Hall–Kier alpha value is -4.40. The molecule has 2 aromatic heterocycles. The predicted molar refractivity (Wildman–Crippen MR) is 125 cm³/mol. The molecule has 1 fully saturated rings. The van der Waals surface area contributed by atoms with Crippen molar-refractivity contribution in [2.24, 2.45) is 0 Å². The van der Waals surface area contributed by atoms with Crippen molar-refractivity contribution in [2.45, 2.75) is 0 Å². The minimum absolute atomic E-state index is 0.227. The van der Waals surface area contributed by atoms with Gasteiger partial charge in [0.2, 0.25) is 6.79 Å². The molecular weight excluding hydrogens is 434 g/mol. The highest BCUT2D eigenvalue weighted by atomic mass is 16.7. The van der Waals surface area contributed by atoms with Crippen LogP contribution in [0.5, 0.6) is 11.5 Å². The number of anilines is 1. The average Bonchev–Trinajstić information content (AvgIpc) is 3.55. The second-order valence-electron chi connectivity index (χ2n) is 8.20. The number of nitrogens with one attached hydrogen (secondary N) is 1. The Bertz CT molecular complexity index is 1390. The van der Waals surface area contributed by atoms with Gasteiger partial charge in [0.1, 0.15) is 0 Å². The van der Waals surface area contributed by atoms with Crippen LogP contribution in [0.3, 0.4) is 0 Å². The van der Waals surface area contributed by atoms with Crippen molar-refractivity contribution < 1.29 is 19.1 Å². The number of aromatic nitrogens is 3. The molecule has 2 aliphatic heterocycles. The molecule has 1 N–H and O–H groups in total. The summed E-state index contributed by atoms with van der Waals surface area (Å²) < 4.78 is 10.8. The number of aromatic amines is 1. The molecule has 0 unspecified atom stereocenters. The number of H-pyrrole nitrogens is 1. The number of fused-ring (bicyclic) bond motifs is 2. The Balaban J connectivity index is 1.11. The second kappa shape index (κ2) is 8.18. The zero-order valence-electron chi connectivity index (χ0n) is 18.2. The monoisotopic (exact) mass is 455 g/mol. The van der Waals surface area contributed by atoms with E-state index in [0.29, 0.717) is 37.5 Å². The Morgan fingerprint density at radius 1 is 0.882 bits per heavy atom. The molecule has 4 aromatic rings. The van der Waals surface area contributed by atoms with E-state index in [0.717, 1.165) is 33.7 Å². The van der Waals surface area contributed by atoms with Crippen molar-refractivity contribution in [3.05, 3.63) is 66.4 Å². The molecule has 0 atom stereocenters. The number of carbonyl (C=O) groups excluding carboxylic acids is 2. The molecule has 170 valence electrons. The van der Waals surface area contributed by atoms with Gasteiger partial charge in [-0.1, -0.05) is 18.2 Å². The highest BCUT2D eigenvalue weighted by molar-refractivity contribution is 6.44. The van der Waals surface area contributed by atoms with Gasteiger partial charge < -0.3 is 24.3 Å². The van der Waals surface area contributed by atoms with Crippen LogP contribution in [0, 0.1) is 0 Å². The highest BCUT2D eigenvalue weighted by Crippen LogP contribution is 2.35. The quantitative estimate of drug-likeness (QED) is 0.373. The second-order valence-corrected chi connectivity index (χ2v) is 8.20. The Morgan fingerprint density at radius 2 is 1.71 bits per heavy atom. The van der Waals surface area contributed by atoms with E-state index in [4.69, 9.17) is 9.47 Å². The predicted octanol–water partition coefficient (Wildman–Crippen LogP) is 2.89. The smallest absolute Gasteiger partial charge is 0.295 e. The van der Waals surface area contributed by atoms with Gasteiger partial charge in [0.15, 0.2) is 17.3 Å². The van der Waals surface area contributed by atoms with Gasteiger partial charge >= 0.3 is 0 Å². The lowest BCUT2D eigenvalue weighted by atomic mass is 10.1. The maximum Gasteiger partial charge on any atom is 0.295 e. The van der Waals surface area contributed by atoms with Gasteiger partial charge in [-0.15, -0.1) is 10.2 Å². The first kappa shape index (κ1) is 20.2. The number of ketones is 1. The number of hydrogen-bond donors (Lipinski definition) is 1. The molecule has 6 rings (SSSR count). The van der Waals surface area contributed by atoms with Crippen LogP contribution in [0.25, 0.3) is 22.2 Å². The van der Waals surface area contributed by atoms with Gasteiger partial charge in [-0.25, -0.2) is 0 Å². The summed E-state index contributed by atoms with van der Waals surface area (Å²) in [6.45, 7) is 2.26. The zero-order valence-corrected chi connectivity index (χ0v) is 18.2. The van der Waals surface area contributed by atoms with Crippen molar-refractivity contribution in [3.63, 3.8) is 0 Å². The molecule has 0 saturated carbocycles. The summed E-state index contributed by atoms with van der Waals surface area (Å²) in [5.74, 6) is 1.20. The van der Waals surface area contributed by atoms with Crippen LogP contribution in [-0.2, 0) is 4.79 Å². The molecule has 0 spiro atoms. The van der Waals surface area contributed by atoms with Gasteiger partial charge in [-0.3, -0.25) is 9.59 Å². The third-order valence-electron chi connectivity index (χ3n) is 6.24. The summed E-state index contributed by atoms with van der Waals surface area (Å²) in [6.07, 6.45) is 1.61. The fraction of sp³-hybridized carbons (Fsp3) is 0.200. The maximum atomic E-state index is 12.9. The number of piperazine rings is 1. The lowest BCUT2D eigenvalue weighted by Gasteiger charge is -2.34. The minimum Gasteiger partial charge on any atom is -0.454 e. The molecule has 2 aliphatic rings. The number of amides is 1. The Labute approximate surface area is 194 Å². The third kappa shape index (κ3) is 3.51. The molecule has 0 radical (unpaired) electrons. The van der Waals surface area contributed by atoms with Crippen LogP contribution in [0.2, 0.25) is 0 Å². The van der Waals surface area contributed by atoms with Gasteiger partial charge in [-0.05, 0) is 36.4 Å². The maximum absolute atomic E-state index is 12.9. The molecule has 34 heavy (non-hydrogen) atoms. The number of carbonyl (C=O) groups is 2. The van der Waals surface area contributed by atoms with E-state index in [9.17, 15) is 9.59 Å². The van der Waals surface area contributed by atoms with Gasteiger partial charge in [-0.2, -0.15) is 0 Å². The van der Waals surface area contributed by atoms with E-state index in [-0.39, 0.29) is 6.79 Å². The third-order valence-corrected chi connectivity index (χ3v) is 6.24.